The Kier molecular flexibility index (Phi) is 5.97. The molecule has 0 unspecified atom stereocenters. The van der Waals surface area contributed by atoms with E-state index in [1.165, 1.54) is 10.2 Å². The van der Waals surface area contributed by atoms with Crippen LogP contribution in [-0.4, -0.2) is 26.8 Å². The highest BCUT2D eigenvalue weighted by Gasteiger charge is 2.24. The van der Waals surface area contributed by atoms with Crippen molar-refractivity contribution in [3.8, 4) is 0 Å². The number of hydrogen-bond acceptors (Lipinski definition) is 5. The van der Waals surface area contributed by atoms with Gasteiger partial charge in [0.25, 0.3) is 5.91 Å². The van der Waals surface area contributed by atoms with Crippen LogP contribution < -0.4 is 11.1 Å². The molecule has 7 heteroatoms. The normalized spacial score (nSPS) is 11.6. The van der Waals surface area contributed by atoms with Crippen LogP contribution in [0.15, 0.2) is 84.0 Å². The molecule has 0 aliphatic heterocycles. The number of aromatic nitrogens is 3. The molecule has 1 amide bonds. The van der Waals surface area contributed by atoms with Crippen LogP contribution >= 0.6 is 0 Å². The first kappa shape index (κ1) is 22.3. The number of benzene rings is 3. The highest BCUT2D eigenvalue weighted by molar-refractivity contribution is 6.10. The average Bonchev–Trinajstić information content (AvgIpc) is 3.15. The molecule has 0 radical (unpaired) electrons. The van der Waals surface area contributed by atoms with Gasteiger partial charge in [0.2, 0.25) is 0 Å². The van der Waals surface area contributed by atoms with Crippen molar-refractivity contribution < 1.29 is 4.79 Å². The third-order valence-corrected chi connectivity index (χ3v) is 5.92. The van der Waals surface area contributed by atoms with Gasteiger partial charge in [0.15, 0.2) is 5.65 Å². The molecule has 3 N–H and O–H groups in total. The van der Waals surface area contributed by atoms with Crippen LogP contribution in [0.4, 0.5) is 5.82 Å². The maximum atomic E-state index is 13.3. The first-order valence-corrected chi connectivity index (χ1v) is 11.5. The number of fused-ring (bicyclic) bond motifs is 2. The number of carbonyl (C=O) groups is 1. The van der Waals surface area contributed by atoms with Crippen molar-refractivity contribution in [3.63, 3.8) is 0 Å². The highest BCUT2D eigenvalue weighted by atomic mass is 16.1. The van der Waals surface area contributed by atoms with Crippen molar-refractivity contribution >= 4 is 40.1 Å². The lowest BCUT2D eigenvalue weighted by atomic mass is 10.0. The Morgan fingerprint density at radius 2 is 1.63 bits per heavy atom. The molecule has 2 heterocycles. The number of hydrogen-bond donors (Lipinski definition) is 2. The lowest BCUT2D eigenvalue weighted by molar-refractivity contribution is 0.0953. The van der Waals surface area contributed by atoms with Gasteiger partial charge in [-0.05, 0) is 34.7 Å². The molecular weight excluding hydrogens is 436 g/mol. The molecule has 0 spiro atoms. The van der Waals surface area contributed by atoms with Crippen LogP contribution in [0.5, 0.6) is 0 Å². The molecule has 0 atom stereocenters. The van der Waals surface area contributed by atoms with E-state index in [0.29, 0.717) is 34.7 Å². The predicted octanol–water partition coefficient (Wildman–Crippen LogP) is 5.10. The molecule has 35 heavy (non-hydrogen) atoms. The van der Waals surface area contributed by atoms with Gasteiger partial charge in [0.05, 0.1) is 17.2 Å². The molecule has 5 aromatic rings. The first-order chi connectivity index (χ1) is 17.0. The summed E-state index contributed by atoms with van der Waals surface area (Å²) in [4.78, 5) is 22.7. The maximum absolute atomic E-state index is 13.3. The number of nitrogens with zero attached hydrogens (tertiary/aromatic N) is 4. The fraction of sp³-hybridized carbons (Fsp3) is 0.143. The van der Waals surface area contributed by atoms with E-state index in [2.05, 4.69) is 36.4 Å². The molecule has 7 nitrogen and oxygen atoms in total. The van der Waals surface area contributed by atoms with Gasteiger partial charge < -0.3 is 11.1 Å². The van der Waals surface area contributed by atoms with Gasteiger partial charge in [-0.3, -0.25) is 4.79 Å². The Bertz CT molecular complexity index is 1540. The minimum absolute atomic E-state index is 0.191. The summed E-state index contributed by atoms with van der Waals surface area (Å²) in [5.74, 6) is 0.317. The summed E-state index contributed by atoms with van der Waals surface area (Å²) in [7, 11) is 0. The molecule has 0 aliphatic rings. The number of nitrogen functional groups attached to an aromatic ring is 1. The average molecular weight is 463 g/mol. The minimum atomic E-state index is -0.323. The largest absolute Gasteiger partial charge is 0.383 e. The third-order valence-electron chi connectivity index (χ3n) is 5.92. The zero-order valence-corrected chi connectivity index (χ0v) is 19.6. The first-order valence-electron chi connectivity index (χ1n) is 11.5. The number of rotatable bonds is 6. The lowest BCUT2D eigenvalue weighted by Crippen LogP contribution is -2.23. The summed E-state index contributed by atoms with van der Waals surface area (Å²) in [5.41, 5.74) is 12.1. The third kappa shape index (κ3) is 4.48. The number of carbonyl (C=O) groups excluding carboxylic acids is 1. The van der Waals surface area contributed by atoms with E-state index in [0.717, 1.165) is 11.1 Å². The van der Waals surface area contributed by atoms with Gasteiger partial charge in [-0.1, -0.05) is 80.6 Å². The second-order valence-corrected chi connectivity index (χ2v) is 8.69. The molecular formula is C28H26N6O. The Hall–Kier alpha value is -4.52. The summed E-state index contributed by atoms with van der Waals surface area (Å²) in [6, 6.07) is 25.4. The molecule has 3 aromatic carbocycles. The summed E-state index contributed by atoms with van der Waals surface area (Å²) in [6.45, 7) is 4.69. The van der Waals surface area contributed by atoms with Crippen LogP contribution in [-0.2, 0) is 6.54 Å². The molecule has 0 aliphatic carbocycles. The van der Waals surface area contributed by atoms with Crippen LogP contribution in [0.25, 0.3) is 22.2 Å². The van der Waals surface area contributed by atoms with Crippen LogP contribution in [0.1, 0.15) is 46.8 Å². The maximum Gasteiger partial charge on any atom is 0.257 e. The van der Waals surface area contributed by atoms with Crippen molar-refractivity contribution in [2.24, 2.45) is 5.10 Å². The van der Waals surface area contributed by atoms with Gasteiger partial charge in [-0.25, -0.2) is 9.97 Å². The van der Waals surface area contributed by atoms with Crippen molar-refractivity contribution in [2.75, 3.05) is 5.73 Å². The number of amides is 1. The van der Waals surface area contributed by atoms with Gasteiger partial charge in [-0.2, -0.15) is 9.78 Å². The Labute approximate surface area is 203 Å². The molecule has 0 bridgehead atoms. The topological polar surface area (TPSA) is 98.2 Å². The minimum Gasteiger partial charge on any atom is -0.383 e. The zero-order valence-electron chi connectivity index (χ0n) is 19.6. The van der Waals surface area contributed by atoms with E-state index >= 15 is 0 Å². The standard InChI is InChI=1S/C28H26N6O/c1-18(2)21-14-12-20(13-15-21)17-31-34-26(29)24(28(35)30-16-19-8-4-3-5-9-19)25-27(34)33-23-11-7-6-10-22(23)32-25/h3-15,17-18H,16,29H2,1-2H3,(H,30,35). The second-order valence-electron chi connectivity index (χ2n) is 8.69. The number of nitrogens with one attached hydrogen (secondary N) is 1. The van der Waals surface area contributed by atoms with Crippen LogP contribution in [0.2, 0.25) is 0 Å². The van der Waals surface area contributed by atoms with E-state index in [1.54, 1.807) is 6.21 Å². The highest BCUT2D eigenvalue weighted by Crippen LogP contribution is 2.28. The fourth-order valence-electron chi connectivity index (χ4n) is 3.95. The molecule has 0 saturated carbocycles. The number of para-hydroxylation sites is 2. The summed E-state index contributed by atoms with van der Waals surface area (Å²) in [5, 5.41) is 7.54. The van der Waals surface area contributed by atoms with Gasteiger partial charge >= 0.3 is 0 Å². The zero-order chi connectivity index (χ0) is 24.4. The second kappa shape index (κ2) is 9.38. The smallest absolute Gasteiger partial charge is 0.257 e. The van der Waals surface area contributed by atoms with Gasteiger partial charge in [0.1, 0.15) is 16.9 Å². The van der Waals surface area contributed by atoms with Crippen molar-refractivity contribution in [1.82, 2.24) is 20.0 Å². The molecule has 2 aromatic heterocycles. The summed E-state index contributed by atoms with van der Waals surface area (Å²) >= 11 is 0. The summed E-state index contributed by atoms with van der Waals surface area (Å²) in [6.07, 6.45) is 1.71. The van der Waals surface area contributed by atoms with Gasteiger partial charge in [0, 0.05) is 6.54 Å². The SMILES string of the molecule is CC(C)c1ccc(C=Nn2c(N)c(C(=O)NCc3ccccc3)c3nc4ccccc4nc32)cc1. The number of anilines is 1. The Morgan fingerprint density at radius 1 is 0.971 bits per heavy atom. The summed E-state index contributed by atoms with van der Waals surface area (Å²) < 4.78 is 1.49. The van der Waals surface area contributed by atoms with Crippen LogP contribution in [0.3, 0.4) is 0 Å². The van der Waals surface area contributed by atoms with Gasteiger partial charge in [-0.15, -0.1) is 0 Å². The van der Waals surface area contributed by atoms with E-state index in [4.69, 9.17) is 15.7 Å². The Morgan fingerprint density at radius 3 is 2.31 bits per heavy atom. The Balaban J connectivity index is 1.56. The van der Waals surface area contributed by atoms with Crippen molar-refractivity contribution in [2.45, 2.75) is 26.3 Å². The lowest BCUT2D eigenvalue weighted by Gasteiger charge is -2.06. The van der Waals surface area contributed by atoms with Crippen LogP contribution in [0, 0.1) is 0 Å². The van der Waals surface area contributed by atoms with E-state index in [-0.39, 0.29) is 17.3 Å². The van der Waals surface area contributed by atoms with Crippen molar-refractivity contribution in [3.05, 3.63) is 101 Å². The van der Waals surface area contributed by atoms with E-state index in [1.807, 2.05) is 66.7 Å². The fourth-order valence-corrected chi connectivity index (χ4v) is 3.95. The molecule has 5 rings (SSSR count). The molecule has 0 fully saturated rings. The monoisotopic (exact) mass is 462 g/mol. The quantitative estimate of drug-likeness (QED) is 0.343. The van der Waals surface area contributed by atoms with E-state index < -0.39 is 0 Å². The number of nitrogens with two attached hydrogens (primary N) is 1. The molecule has 174 valence electrons. The van der Waals surface area contributed by atoms with Crippen molar-refractivity contribution in [1.29, 1.82) is 0 Å². The predicted molar refractivity (Wildman–Crippen MR) is 141 cm³/mol. The van der Waals surface area contributed by atoms with E-state index in [9.17, 15) is 4.79 Å². The molecule has 0 saturated heterocycles.